The standard InChI is InChI=1S/C25H28N6O3/c1-3-34-20-10-11-22-18(14-20)15-21(25(32)26-22)23(30-12-4-5-13-30)24-27-28-29-31(24)16-17-6-8-19(33-2)9-7-17/h6-11,14-15,23H,3-5,12-13,16H2,1-2H3,(H,26,32)/t23-/m0/s1. The van der Waals surface area contributed by atoms with Gasteiger partial charge in [-0.2, -0.15) is 0 Å². The average Bonchev–Trinajstić information content (AvgIpc) is 3.54. The van der Waals surface area contributed by atoms with Crippen molar-refractivity contribution in [1.82, 2.24) is 30.1 Å². The second-order valence-corrected chi connectivity index (χ2v) is 8.42. The molecule has 1 fully saturated rings. The molecule has 9 heteroatoms. The molecule has 1 atom stereocenters. The summed E-state index contributed by atoms with van der Waals surface area (Å²) in [4.78, 5) is 18.6. The Bertz CT molecular complexity index is 1320. The van der Waals surface area contributed by atoms with Crippen LogP contribution in [0.3, 0.4) is 0 Å². The van der Waals surface area contributed by atoms with Crippen LogP contribution in [0, 0.1) is 0 Å². The molecule has 1 N–H and O–H groups in total. The molecule has 0 saturated carbocycles. The smallest absolute Gasteiger partial charge is 0.253 e. The Hall–Kier alpha value is -3.72. The van der Waals surface area contributed by atoms with Crippen LogP contribution < -0.4 is 15.0 Å². The average molecular weight is 461 g/mol. The van der Waals surface area contributed by atoms with Gasteiger partial charge < -0.3 is 14.5 Å². The van der Waals surface area contributed by atoms with Crippen LogP contribution in [0.25, 0.3) is 10.9 Å². The number of methoxy groups -OCH3 is 1. The highest BCUT2D eigenvalue weighted by atomic mass is 16.5. The Morgan fingerprint density at radius 3 is 2.56 bits per heavy atom. The highest BCUT2D eigenvalue weighted by molar-refractivity contribution is 5.80. The summed E-state index contributed by atoms with van der Waals surface area (Å²) in [6, 6.07) is 15.1. The number of pyridine rings is 1. The minimum absolute atomic E-state index is 0.132. The summed E-state index contributed by atoms with van der Waals surface area (Å²) < 4.78 is 12.7. The zero-order chi connectivity index (χ0) is 23.5. The maximum absolute atomic E-state index is 13.3. The third-order valence-corrected chi connectivity index (χ3v) is 6.25. The number of benzene rings is 2. The van der Waals surface area contributed by atoms with E-state index in [1.165, 1.54) is 0 Å². The number of hydrogen-bond donors (Lipinski definition) is 1. The van der Waals surface area contributed by atoms with Crippen molar-refractivity contribution >= 4 is 10.9 Å². The predicted octanol–water partition coefficient (Wildman–Crippen LogP) is 3.16. The molecule has 34 heavy (non-hydrogen) atoms. The van der Waals surface area contributed by atoms with Gasteiger partial charge >= 0.3 is 0 Å². The fourth-order valence-electron chi connectivity index (χ4n) is 4.58. The molecule has 1 saturated heterocycles. The first kappa shape index (κ1) is 22.1. The van der Waals surface area contributed by atoms with Crippen molar-refractivity contribution in [2.45, 2.75) is 32.4 Å². The molecule has 5 rings (SSSR count). The van der Waals surface area contributed by atoms with Crippen LogP contribution in [0.15, 0.2) is 53.3 Å². The Kier molecular flexibility index (Phi) is 6.27. The van der Waals surface area contributed by atoms with Crippen molar-refractivity contribution in [2.24, 2.45) is 0 Å². The van der Waals surface area contributed by atoms with Gasteiger partial charge in [-0.1, -0.05) is 12.1 Å². The molecule has 0 radical (unpaired) electrons. The van der Waals surface area contributed by atoms with E-state index in [1.807, 2.05) is 55.5 Å². The molecule has 1 aliphatic heterocycles. The van der Waals surface area contributed by atoms with Gasteiger partial charge in [-0.3, -0.25) is 9.69 Å². The summed E-state index contributed by atoms with van der Waals surface area (Å²) in [5, 5.41) is 13.6. The lowest BCUT2D eigenvalue weighted by atomic mass is 10.0. The predicted molar refractivity (Wildman–Crippen MR) is 128 cm³/mol. The van der Waals surface area contributed by atoms with Gasteiger partial charge in [-0.25, -0.2) is 4.68 Å². The zero-order valence-electron chi connectivity index (χ0n) is 19.4. The van der Waals surface area contributed by atoms with E-state index in [4.69, 9.17) is 9.47 Å². The van der Waals surface area contributed by atoms with Crippen LogP contribution in [0.2, 0.25) is 0 Å². The molecule has 4 aromatic rings. The second-order valence-electron chi connectivity index (χ2n) is 8.42. The fourth-order valence-corrected chi connectivity index (χ4v) is 4.58. The number of tetrazole rings is 1. The molecule has 0 aliphatic carbocycles. The summed E-state index contributed by atoms with van der Waals surface area (Å²) in [6.45, 7) is 4.80. The van der Waals surface area contributed by atoms with E-state index in [0.717, 1.165) is 53.9 Å². The van der Waals surface area contributed by atoms with Crippen molar-refractivity contribution in [3.05, 3.63) is 75.8 Å². The van der Waals surface area contributed by atoms with Crippen LogP contribution in [0.4, 0.5) is 0 Å². The largest absolute Gasteiger partial charge is 0.497 e. The maximum Gasteiger partial charge on any atom is 0.253 e. The quantitative estimate of drug-likeness (QED) is 0.431. The number of fused-ring (bicyclic) bond motifs is 1. The summed E-state index contributed by atoms with van der Waals surface area (Å²) in [6.07, 6.45) is 2.16. The van der Waals surface area contributed by atoms with E-state index in [-0.39, 0.29) is 11.6 Å². The Morgan fingerprint density at radius 2 is 1.82 bits per heavy atom. The van der Waals surface area contributed by atoms with Gasteiger partial charge in [-0.05, 0) is 85.2 Å². The molecular weight excluding hydrogens is 432 g/mol. The van der Waals surface area contributed by atoms with Crippen LogP contribution in [0.1, 0.15) is 42.8 Å². The molecule has 2 aromatic heterocycles. The van der Waals surface area contributed by atoms with E-state index in [9.17, 15) is 4.79 Å². The molecule has 9 nitrogen and oxygen atoms in total. The van der Waals surface area contributed by atoms with Crippen LogP contribution in [0.5, 0.6) is 11.5 Å². The fraction of sp³-hybridized carbons (Fsp3) is 0.360. The lowest BCUT2D eigenvalue weighted by Crippen LogP contribution is -2.33. The Labute approximate surface area is 197 Å². The van der Waals surface area contributed by atoms with Gasteiger partial charge in [0.1, 0.15) is 17.5 Å². The SMILES string of the molecule is CCOc1ccc2[nH]c(=O)c([C@@H](c3nnnn3Cc3ccc(OC)cc3)N3CCCC3)cc2c1. The first-order valence-corrected chi connectivity index (χ1v) is 11.6. The molecular formula is C25H28N6O3. The number of aromatic amines is 1. The summed E-state index contributed by atoms with van der Waals surface area (Å²) in [5.41, 5.74) is 2.32. The number of nitrogens with zero attached hydrogens (tertiary/aromatic N) is 5. The van der Waals surface area contributed by atoms with Gasteiger partial charge in [0.25, 0.3) is 5.56 Å². The number of H-pyrrole nitrogens is 1. The van der Waals surface area contributed by atoms with Crippen molar-refractivity contribution in [3.8, 4) is 11.5 Å². The first-order chi connectivity index (χ1) is 16.7. The lowest BCUT2D eigenvalue weighted by molar-refractivity contribution is 0.263. The van der Waals surface area contributed by atoms with E-state index >= 15 is 0 Å². The molecule has 1 aliphatic rings. The van der Waals surface area contributed by atoms with Crippen molar-refractivity contribution in [1.29, 1.82) is 0 Å². The topological polar surface area (TPSA) is 98.2 Å². The zero-order valence-corrected chi connectivity index (χ0v) is 19.4. The normalized spacial score (nSPS) is 15.0. The van der Waals surface area contributed by atoms with Crippen LogP contribution >= 0.6 is 0 Å². The van der Waals surface area contributed by atoms with Gasteiger partial charge in [0.2, 0.25) is 0 Å². The monoisotopic (exact) mass is 460 g/mol. The van der Waals surface area contributed by atoms with Gasteiger partial charge in [0, 0.05) is 16.5 Å². The van der Waals surface area contributed by atoms with Gasteiger partial charge in [0.05, 0.1) is 20.3 Å². The lowest BCUT2D eigenvalue weighted by Gasteiger charge is -2.26. The number of likely N-dealkylation sites (tertiary alicyclic amines) is 1. The van der Waals surface area contributed by atoms with E-state index in [2.05, 4.69) is 25.4 Å². The Balaban J connectivity index is 1.57. The molecule has 0 spiro atoms. The highest BCUT2D eigenvalue weighted by Gasteiger charge is 2.32. The molecule has 176 valence electrons. The van der Waals surface area contributed by atoms with Crippen molar-refractivity contribution in [2.75, 3.05) is 26.8 Å². The van der Waals surface area contributed by atoms with Crippen LogP contribution in [-0.2, 0) is 6.54 Å². The number of nitrogens with one attached hydrogen (secondary N) is 1. The van der Waals surface area contributed by atoms with Crippen molar-refractivity contribution < 1.29 is 9.47 Å². The molecule has 3 heterocycles. The summed E-state index contributed by atoms with van der Waals surface area (Å²) in [7, 11) is 1.65. The number of hydrogen-bond acceptors (Lipinski definition) is 7. The molecule has 2 aromatic carbocycles. The van der Waals surface area contributed by atoms with Gasteiger partial charge in [-0.15, -0.1) is 5.10 Å². The van der Waals surface area contributed by atoms with E-state index in [0.29, 0.717) is 24.5 Å². The summed E-state index contributed by atoms with van der Waals surface area (Å²) >= 11 is 0. The van der Waals surface area contributed by atoms with Crippen LogP contribution in [-0.4, -0.2) is 56.9 Å². The molecule has 0 bridgehead atoms. The molecule has 0 amide bonds. The third kappa shape index (κ3) is 4.38. The second kappa shape index (κ2) is 9.64. The maximum atomic E-state index is 13.3. The number of aromatic nitrogens is 5. The van der Waals surface area contributed by atoms with Gasteiger partial charge in [0.15, 0.2) is 5.82 Å². The Morgan fingerprint density at radius 1 is 1.06 bits per heavy atom. The third-order valence-electron chi connectivity index (χ3n) is 6.25. The highest BCUT2D eigenvalue weighted by Crippen LogP contribution is 2.30. The minimum atomic E-state index is -0.348. The first-order valence-electron chi connectivity index (χ1n) is 11.6. The number of ether oxygens (including phenoxy) is 2. The summed E-state index contributed by atoms with van der Waals surface area (Å²) in [5.74, 6) is 2.23. The van der Waals surface area contributed by atoms with E-state index < -0.39 is 0 Å². The van der Waals surface area contributed by atoms with E-state index in [1.54, 1.807) is 11.8 Å². The van der Waals surface area contributed by atoms with Crippen molar-refractivity contribution in [3.63, 3.8) is 0 Å². The minimum Gasteiger partial charge on any atom is -0.497 e. The number of rotatable bonds is 8. The molecule has 0 unspecified atom stereocenters.